The van der Waals surface area contributed by atoms with Gasteiger partial charge in [0.2, 0.25) is 0 Å². The Hall–Kier alpha value is -2.57. The first kappa shape index (κ1) is 18.2. The van der Waals surface area contributed by atoms with Crippen LogP contribution in [0.2, 0.25) is 0 Å². The molecule has 2 aromatic carbocycles. The van der Waals surface area contributed by atoms with Crippen molar-refractivity contribution in [1.29, 1.82) is 0 Å². The molecule has 2 amide bonds. The lowest BCUT2D eigenvalue weighted by molar-refractivity contribution is 0.106. The van der Waals surface area contributed by atoms with Gasteiger partial charge in [0.05, 0.1) is 13.2 Å². The maximum Gasteiger partial charge on any atom is 0.319 e. The zero-order chi connectivity index (χ0) is 18.4. The lowest BCUT2D eigenvalue weighted by atomic mass is 10.00. The fraction of sp³-hybridized carbons (Fsp3) is 0.350. The van der Waals surface area contributed by atoms with E-state index >= 15 is 0 Å². The summed E-state index contributed by atoms with van der Waals surface area (Å²) in [6.45, 7) is 2.50. The highest BCUT2D eigenvalue weighted by Gasteiger charge is 2.18. The Bertz CT molecular complexity index is 751. The predicted octanol–water partition coefficient (Wildman–Crippen LogP) is 2.24. The predicted molar refractivity (Wildman–Crippen MR) is 101 cm³/mol. The van der Waals surface area contributed by atoms with Gasteiger partial charge in [0.1, 0.15) is 5.75 Å². The van der Waals surface area contributed by atoms with E-state index in [1.807, 2.05) is 12.1 Å². The van der Waals surface area contributed by atoms with Gasteiger partial charge >= 0.3 is 6.03 Å². The molecule has 0 saturated carbocycles. The van der Waals surface area contributed by atoms with Gasteiger partial charge in [0.15, 0.2) is 0 Å². The summed E-state index contributed by atoms with van der Waals surface area (Å²) in [6, 6.07) is 15.2. The number of rotatable bonds is 6. The Balaban J connectivity index is 1.42. The minimum atomic E-state index is -0.615. The summed E-state index contributed by atoms with van der Waals surface area (Å²) in [5.41, 5.74) is 3.34. The molecule has 1 atom stereocenters. The molecule has 1 aliphatic heterocycles. The van der Waals surface area contributed by atoms with Crippen molar-refractivity contribution in [3.63, 3.8) is 0 Å². The third-order valence-corrected chi connectivity index (χ3v) is 4.50. The molecule has 1 aliphatic rings. The van der Waals surface area contributed by atoms with Gasteiger partial charge in [-0.05, 0) is 29.7 Å². The molecule has 6 heteroatoms. The first-order valence-corrected chi connectivity index (χ1v) is 8.80. The molecule has 6 nitrogen and oxygen atoms in total. The lowest BCUT2D eigenvalue weighted by Crippen LogP contribution is -2.42. The molecule has 3 N–H and O–H groups in total. The number of ether oxygens (including phenoxy) is 1. The molecule has 1 heterocycles. The third-order valence-electron chi connectivity index (χ3n) is 4.50. The highest BCUT2D eigenvalue weighted by molar-refractivity contribution is 5.89. The topological polar surface area (TPSA) is 73.8 Å². The monoisotopic (exact) mass is 355 g/mol. The number of hydrogen-bond acceptors (Lipinski definition) is 4. The molecule has 0 aliphatic carbocycles. The van der Waals surface area contributed by atoms with E-state index in [9.17, 15) is 9.90 Å². The normalized spacial score (nSPS) is 15.0. The van der Waals surface area contributed by atoms with Gasteiger partial charge in [0, 0.05) is 37.9 Å². The van der Waals surface area contributed by atoms with Crippen molar-refractivity contribution < 1.29 is 14.6 Å². The summed E-state index contributed by atoms with van der Waals surface area (Å²) in [5, 5.41) is 15.7. The molecule has 0 bridgehead atoms. The van der Waals surface area contributed by atoms with Gasteiger partial charge in [-0.25, -0.2) is 4.79 Å². The number of β-amino-alcohol motifs (C(OH)–C–C–N with tert-alkyl or cyclic N) is 1. The summed E-state index contributed by atoms with van der Waals surface area (Å²) in [6.07, 6.45) is 0.378. The highest BCUT2D eigenvalue weighted by atomic mass is 16.5. The van der Waals surface area contributed by atoms with E-state index in [-0.39, 0.29) is 12.6 Å². The van der Waals surface area contributed by atoms with Crippen LogP contribution in [0, 0.1) is 0 Å². The number of hydrogen-bond donors (Lipinski definition) is 3. The van der Waals surface area contributed by atoms with Crippen molar-refractivity contribution >= 4 is 11.7 Å². The van der Waals surface area contributed by atoms with E-state index in [2.05, 4.69) is 33.7 Å². The first-order valence-electron chi connectivity index (χ1n) is 8.80. The number of carbonyl (C=O) groups excluding carboxylic acids is 1. The molecular formula is C20H25N3O3. The number of aliphatic hydroxyl groups excluding tert-OH is 1. The second-order valence-electron chi connectivity index (χ2n) is 6.47. The van der Waals surface area contributed by atoms with Crippen molar-refractivity contribution in [2.24, 2.45) is 0 Å². The van der Waals surface area contributed by atoms with E-state index in [1.54, 1.807) is 25.3 Å². The molecule has 0 radical (unpaired) electrons. The van der Waals surface area contributed by atoms with Crippen LogP contribution in [0.15, 0.2) is 48.5 Å². The van der Waals surface area contributed by atoms with Gasteiger partial charge in [0.25, 0.3) is 0 Å². The van der Waals surface area contributed by atoms with E-state index in [0.29, 0.717) is 18.0 Å². The zero-order valence-corrected chi connectivity index (χ0v) is 14.9. The van der Waals surface area contributed by atoms with E-state index in [0.717, 1.165) is 19.5 Å². The van der Waals surface area contributed by atoms with Crippen LogP contribution in [-0.4, -0.2) is 48.9 Å². The fourth-order valence-corrected chi connectivity index (χ4v) is 3.16. The number of nitrogens with one attached hydrogen (secondary N) is 2. The Morgan fingerprint density at radius 1 is 1.23 bits per heavy atom. The average Bonchev–Trinajstić information content (AvgIpc) is 2.66. The summed E-state index contributed by atoms with van der Waals surface area (Å²) in [5.74, 6) is 0.674. The number of amides is 2. The second-order valence-corrected chi connectivity index (χ2v) is 6.47. The van der Waals surface area contributed by atoms with Crippen LogP contribution in [0.3, 0.4) is 0 Å². The minimum absolute atomic E-state index is 0.202. The number of methoxy groups -OCH3 is 1. The SMILES string of the molecule is COc1cccc(NC(=O)NCC(O)CN2CCc3ccccc3C2)c1. The molecule has 2 aromatic rings. The van der Waals surface area contributed by atoms with Crippen molar-refractivity contribution in [2.75, 3.05) is 32.1 Å². The average molecular weight is 355 g/mol. The largest absolute Gasteiger partial charge is 0.497 e. The number of anilines is 1. The van der Waals surface area contributed by atoms with Gasteiger partial charge in [-0.3, -0.25) is 4.90 Å². The van der Waals surface area contributed by atoms with Crippen LogP contribution < -0.4 is 15.4 Å². The van der Waals surface area contributed by atoms with Gasteiger partial charge in [-0.1, -0.05) is 30.3 Å². The molecule has 0 fully saturated rings. The summed E-state index contributed by atoms with van der Waals surface area (Å²) in [4.78, 5) is 14.2. The molecule has 26 heavy (non-hydrogen) atoms. The number of urea groups is 1. The van der Waals surface area contributed by atoms with E-state index in [1.165, 1.54) is 11.1 Å². The quantitative estimate of drug-likeness (QED) is 0.743. The van der Waals surface area contributed by atoms with Crippen LogP contribution in [0.5, 0.6) is 5.75 Å². The highest BCUT2D eigenvalue weighted by Crippen LogP contribution is 2.18. The molecule has 0 spiro atoms. The standard InChI is InChI=1S/C20H25N3O3/c1-26-19-8-4-7-17(11-19)22-20(25)21-12-18(24)14-23-10-9-15-5-2-3-6-16(15)13-23/h2-8,11,18,24H,9-10,12-14H2,1H3,(H2,21,22,25). The molecule has 138 valence electrons. The third kappa shape index (κ3) is 4.97. The fourth-order valence-electron chi connectivity index (χ4n) is 3.16. The Morgan fingerprint density at radius 3 is 2.85 bits per heavy atom. The van der Waals surface area contributed by atoms with Crippen molar-refractivity contribution in [2.45, 2.75) is 19.1 Å². The maximum atomic E-state index is 12.0. The summed E-state index contributed by atoms with van der Waals surface area (Å²) in [7, 11) is 1.58. The van der Waals surface area contributed by atoms with Gasteiger partial charge in [-0.15, -0.1) is 0 Å². The zero-order valence-electron chi connectivity index (χ0n) is 14.9. The summed E-state index contributed by atoms with van der Waals surface area (Å²) < 4.78 is 5.13. The minimum Gasteiger partial charge on any atom is -0.497 e. The van der Waals surface area contributed by atoms with Crippen LogP contribution in [0.25, 0.3) is 0 Å². The second kappa shape index (κ2) is 8.69. The molecule has 0 saturated heterocycles. The Kier molecular flexibility index (Phi) is 6.09. The number of fused-ring (bicyclic) bond motifs is 1. The van der Waals surface area contributed by atoms with Crippen LogP contribution >= 0.6 is 0 Å². The maximum absolute atomic E-state index is 12.0. The van der Waals surface area contributed by atoms with Gasteiger partial charge < -0.3 is 20.5 Å². The lowest BCUT2D eigenvalue weighted by Gasteiger charge is -2.30. The molecule has 1 unspecified atom stereocenters. The van der Waals surface area contributed by atoms with E-state index < -0.39 is 6.10 Å². The Labute approximate surface area is 153 Å². The van der Waals surface area contributed by atoms with Crippen LogP contribution in [0.1, 0.15) is 11.1 Å². The smallest absolute Gasteiger partial charge is 0.319 e. The molecule has 3 rings (SSSR count). The number of carbonyl (C=O) groups is 1. The van der Waals surface area contributed by atoms with Crippen LogP contribution in [0.4, 0.5) is 10.5 Å². The van der Waals surface area contributed by atoms with Crippen LogP contribution in [-0.2, 0) is 13.0 Å². The van der Waals surface area contributed by atoms with Crippen molar-refractivity contribution in [3.8, 4) is 5.75 Å². The number of nitrogens with zero attached hydrogens (tertiary/aromatic N) is 1. The first-order chi connectivity index (χ1) is 12.6. The van der Waals surface area contributed by atoms with E-state index in [4.69, 9.17) is 4.74 Å². The number of aliphatic hydroxyl groups is 1. The van der Waals surface area contributed by atoms with Gasteiger partial charge in [-0.2, -0.15) is 0 Å². The molecule has 0 aromatic heterocycles. The Morgan fingerprint density at radius 2 is 2.04 bits per heavy atom. The summed E-state index contributed by atoms with van der Waals surface area (Å²) >= 11 is 0. The molecular weight excluding hydrogens is 330 g/mol. The van der Waals surface area contributed by atoms with Crippen molar-refractivity contribution in [3.05, 3.63) is 59.7 Å². The number of benzene rings is 2. The van der Waals surface area contributed by atoms with Crippen molar-refractivity contribution in [1.82, 2.24) is 10.2 Å².